The van der Waals surface area contributed by atoms with Crippen LogP contribution in [-0.4, -0.2) is 77.4 Å². The molecule has 1 aromatic carbocycles. The van der Waals surface area contributed by atoms with Gasteiger partial charge in [0, 0.05) is 56.8 Å². The summed E-state index contributed by atoms with van der Waals surface area (Å²) in [5.41, 5.74) is 2.81. The number of aromatic nitrogens is 3. The van der Waals surface area contributed by atoms with Gasteiger partial charge in [-0.15, -0.1) is 0 Å². The normalized spacial score (nSPS) is 19.5. The molecule has 5 rings (SSSR count). The van der Waals surface area contributed by atoms with Crippen molar-refractivity contribution in [3.63, 3.8) is 0 Å². The number of piperazine rings is 1. The van der Waals surface area contributed by atoms with Gasteiger partial charge in [-0.1, -0.05) is 22.9 Å². The number of anilines is 4. The lowest BCUT2D eigenvalue weighted by Gasteiger charge is -2.34. The zero-order chi connectivity index (χ0) is 22.1. The van der Waals surface area contributed by atoms with E-state index >= 15 is 0 Å². The average Bonchev–Trinajstić information content (AvgIpc) is 3.45. The van der Waals surface area contributed by atoms with Crippen molar-refractivity contribution in [3.8, 4) is 10.6 Å². The van der Waals surface area contributed by atoms with Crippen LogP contribution in [0.1, 0.15) is 6.42 Å². The number of aliphatic hydroxyl groups excluding tert-OH is 1. The molecule has 0 radical (unpaired) electrons. The van der Waals surface area contributed by atoms with Crippen molar-refractivity contribution in [3.05, 3.63) is 41.7 Å². The summed E-state index contributed by atoms with van der Waals surface area (Å²) in [4.78, 5) is 21.2. The van der Waals surface area contributed by atoms with Gasteiger partial charge in [0.25, 0.3) is 0 Å². The van der Waals surface area contributed by atoms with E-state index in [2.05, 4.69) is 66.3 Å². The van der Waals surface area contributed by atoms with Crippen molar-refractivity contribution >= 4 is 45.4 Å². The highest BCUT2D eigenvalue weighted by Gasteiger charge is 2.23. The third kappa shape index (κ3) is 4.66. The second kappa shape index (κ2) is 9.19. The molecule has 2 aliphatic rings. The molecular formula is C22H26ClN7OS. The van der Waals surface area contributed by atoms with Gasteiger partial charge in [0.1, 0.15) is 5.69 Å². The van der Waals surface area contributed by atoms with E-state index in [0.29, 0.717) is 23.2 Å². The highest BCUT2D eigenvalue weighted by molar-refractivity contribution is 7.18. The quantitative estimate of drug-likeness (QED) is 0.586. The van der Waals surface area contributed by atoms with E-state index < -0.39 is 0 Å². The number of thiazole rings is 1. The lowest BCUT2D eigenvalue weighted by molar-refractivity contribution is 0.198. The Kier molecular flexibility index (Phi) is 6.14. The Bertz CT molecular complexity index is 1070. The van der Waals surface area contributed by atoms with E-state index in [1.807, 2.05) is 0 Å². The van der Waals surface area contributed by atoms with Gasteiger partial charge in [0.15, 0.2) is 5.13 Å². The Morgan fingerprint density at radius 2 is 1.81 bits per heavy atom. The maximum atomic E-state index is 9.79. The summed E-state index contributed by atoms with van der Waals surface area (Å²) in [6, 6.07) is 8.36. The second-order valence-corrected chi connectivity index (χ2v) is 9.66. The molecule has 10 heteroatoms. The predicted octanol–water partition coefficient (Wildman–Crippen LogP) is 3.32. The first-order valence-electron chi connectivity index (χ1n) is 10.8. The summed E-state index contributed by atoms with van der Waals surface area (Å²) in [6.45, 7) is 5.67. The molecule has 0 saturated carbocycles. The van der Waals surface area contributed by atoms with Crippen molar-refractivity contribution < 1.29 is 5.11 Å². The summed E-state index contributed by atoms with van der Waals surface area (Å²) in [7, 11) is 2.16. The van der Waals surface area contributed by atoms with Crippen LogP contribution in [0.15, 0.2) is 36.7 Å². The number of β-amino-alcohol motifs (C(OH)–C–C–N with tert-alkyl or cyclic N) is 1. The van der Waals surface area contributed by atoms with E-state index in [4.69, 9.17) is 11.6 Å². The van der Waals surface area contributed by atoms with Crippen LogP contribution in [0.4, 0.5) is 22.5 Å². The summed E-state index contributed by atoms with van der Waals surface area (Å²) in [6.07, 6.45) is 3.88. The molecule has 0 aliphatic carbocycles. The molecule has 0 bridgehead atoms. The lowest BCUT2D eigenvalue weighted by Crippen LogP contribution is -2.44. The molecule has 0 spiro atoms. The molecule has 3 aromatic rings. The zero-order valence-corrected chi connectivity index (χ0v) is 19.5. The molecule has 2 aromatic heterocycles. The SMILES string of the molecule is CN1CCN(c2ccc(Nc3ncc(Cl)c(-c4cnc(N5CC[C@H](O)C5)s4)n3)cc2)CC1. The van der Waals surface area contributed by atoms with Crippen LogP contribution in [0.5, 0.6) is 0 Å². The minimum atomic E-state index is -0.288. The Morgan fingerprint density at radius 1 is 1.03 bits per heavy atom. The van der Waals surface area contributed by atoms with E-state index in [-0.39, 0.29) is 6.10 Å². The first-order valence-corrected chi connectivity index (χ1v) is 12.0. The molecule has 0 unspecified atom stereocenters. The lowest BCUT2D eigenvalue weighted by atomic mass is 10.2. The van der Waals surface area contributed by atoms with Gasteiger partial charge in [-0.25, -0.2) is 15.0 Å². The maximum Gasteiger partial charge on any atom is 0.227 e. The number of hydrogen-bond acceptors (Lipinski definition) is 9. The number of hydrogen-bond donors (Lipinski definition) is 2. The van der Waals surface area contributed by atoms with Crippen molar-refractivity contribution in [1.29, 1.82) is 0 Å². The standard InChI is InChI=1S/C22H26ClN7OS/c1-28-8-10-29(11-9-28)16-4-2-15(3-5-16)26-21-24-12-18(23)20(27-21)19-13-25-22(32-19)30-7-6-17(31)14-30/h2-5,12-13,17,31H,6-11,14H2,1H3,(H,24,26,27)/t17-/m0/s1. The number of benzene rings is 1. The van der Waals surface area contributed by atoms with Crippen LogP contribution in [0.25, 0.3) is 10.6 Å². The third-order valence-corrected chi connectivity index (χ3v) is 7.24. The van der Waals surface area contributed by atoms with Crippen LogP contribution >= 0.6 is 22.9 Å². The number of rotatable bonds is 5. The molecule has 0 amide bonds. The molecule has 168 valence electrons. The van der Waals surface area contributed by atoms with Crippen LogP contribution in [0.3, 0.4) is 0 Å². The smallest absolute Gasteiger partial charge is 0.227 e. The van der Waals surface area contributed by atoms with E-state index in [1.165, 1.54) is 17.0 Å². The number of halogens is 1. The van der Waals surface area contributed by atoms with Crippen LogP contribution < -0.4 is 15.1 Å². The van der Waals surface area contributed by atoms with E-state index in [9.17, 15) is 5.11 Å². The average molecular weight is 472 g/mol. The number of likely N-dealkylation sites (N-methyl/N-ethyl adjacent to an activating group) is 1. The van der Waals surface area contributed by atoms with Crippen molar-refractivity contribution in [2.45, 2.75) is 12.5 Å². The number of nitrogens with zero attached hydrogens (tertiary/aromatic N) is 6. The monoisotopic (exact) mass is 471 g/mol. The van der Waals surface area contributed by atoms with Gasteiger partial charge in [0.05, 0.1) is 22.2 Å². The second-order valence-electron chi connectivity index (χ2n) is 8.25. The number of aliphatic hydroxyl groups is 1. The Hall–Kier alpha value is -2.46. The first-order chi connectivity index (χ1) is 15.5. The predicted molar refractivity (Wildman–Crippen MR) is 130 cm³/mol. The molecule has 2 saturated heterocycles. The van der Waals surface area contributed by atoms with Gasteiger partial charge < -0.3 is 25.1 Å². The molecule has 2 fully saturated rings. The fourth-order valence-electron chi connectivity index (χ4n) is 3.99. The fraction of sp³-hybridized carbons (Fsp3) is 0.409. The minimum absolute atomic E-state index is 0.288. The topological polar surface area (TPSA) is 80.7 Å². The zero-order valence-electron chi connectivity index (χ0n) is 17.9. The van der Waals surface area contributed by atoms with Crippen LogP contribution in [-0.2, 0) is 0 Å². The van der Waals surface area contributed by atoms with Crippen molar-refractivity contribution in [1.82, 2.24) is 19.9 Å². The summed E-state index contributed by atoms with van der Waals surface area (Å²) in [5.74, 6) is 0.489. The first kappa shape index (κ1) is 21.4. The molecule has 4 heterocycles. The van der Waals surface area contributed by atoms with Gasteiger partial charge in [-0.05, 0) is 37.7 Å². The highest BCUT2D eigenvalue weighted by Crippen LogP contribution is 2.35. The summed E-state index contributed by atoms with van der Waals surface area (Å²) < 4.78 is 0. The fourth-order valence-corrected chi connectivity index (χ4v) is 5.19. The molecule has 8 nitrogen and oxygen atoms in total. The number of nitrogens with one attached hydrogen (secondary N) is 1. The van der Waals surface area contributed by atoms with Gasteiger partial charge in [-0.3, -0.25) is 0 Å². The largest absolute Gasteiger partial charge is 0.391 e. The Labute approximate surface area is 196 Å². The van der Waals surface area contributed by atoms with Gasteiger partial charge in [-0.2, -0.15) is 0 Å². The van der Waals surface area contributed by atoms with Crippen molar-refractivity contribution in [2.75, 3.05) is 61.4 Å². The minimum Gasteiger partial charge on any atom is -0.391 e. The van der Waals surface area contributed by atoms with Crippen LogP contribution in [0, 0.1) is 0 Å². The summed E-state index contributed by atoms with van der Waals surface area (Å²) >= 11 is 7.93. The van der Waals surface area contributed by atoms with Crippen LogP contribution in [0.2, 0.25) is 5.02 Å². The third-order valence-electron chi connectivity index (χ3n) is 5.90. The molecule has 32 heavy (non-hydrogen) atoms. The van der Waals surface area contributed by atoms with E-state index in [1.54, 1.807) is 12.4 Å². The van der Waals surface area contributed by atoms with Gasteiger partial charge in [0.2, 0.25) is 5.95 Å². The molecular weight excluding hydrogens is 446 g/mol. The highest BCUT2D eigenvalue weighted by atomic mass is 35.5. The van der Waals surface area contributed by atoms with Gasteiger partial charge >= 0.3 is 0 Å². The Morgan fingerprint density at radius 3 is 2.53 bits per heavy atom. The summed E-state index contributed by atoms with van der Waals surface area (Å²) in [5, 5.41) is 14.4. The Balaban J connectivity index is 1.29. The molecule has 1 atom stereocenters. The van der Waals surface area contributed by atoms with Crippen molar-refractivity contribution in [2.24, 2.45) is 0 Å². The maximum absolute atomic E-state index is 9.79. The van der Waals surface area contributed by atoms with E-state index in [0.717, 1.165) is 54.8 Å². The molecule has 2 aliphatic heterocycles. The molecule has 2 N–H and O–H groups in total.